The number of benzene rings is 1. The number of nitrogens with zero attached hydrogens (tertiary/aromatic N) is 2. The molecule has 2 atom stereocenters. The molecule has 1 fully saturated rings. The highest BCUT2D eigenvalue weighted by atomic mass is 19.1. The first-order valence-corrected chi connectivity index (χ1v) is 10.8. The van der Waals surface area contributed by atoms with Crippen molar-refractivity contribution in [2.24, 2.45) is 0 Å². The number of rotatable bonds is 6. The fourth-order valence-electron chi connectivity index (χ4n) is 3.90. The predicted molar refractivity (Wildman–Crippen MR) is 120 cm³/mol. The third-order valence-electron chi connectivity index (χ3n) is 5.23. The van der Waals surface area contributed by atoms with Crippen molar-refractivity contribution < 1.29 is 23.4 Å². The maximum absolute atomic E-state index is 13.5. The average Bonchev–Trinajstić information content (AvgIpc) is 2.71. The predicted octanol–water partition coefficient (Wildman–Crippen LogP) is 5.20. The van der Waals surface area contributed by atoms with E-state index in [1.54, 1.807) is 12.1 Å². The van der Waals surface area contributed by atoms with Crippen molar-refractivity contribution in [2.45, 2.75) is 71.4 Å². The molecule has 1 aromatic heterocycles. The molecule has 2 heterocycles. The summed E-state index contributed by atoms with van der Waals surface area (Å²) < 4.78 is 30.3. The summed E-state index contributed by atoms with van der Waals surface area (Å²) in [7, 11) is 1.37. The molecule has 32 heavy (non-hydrogen) atoms. The smallest absolute Gasteiger partial charge is 0.308 e. The third-order valence-corrected chi connectivity index (χ3v) is 5.23. The monoisotopic (exact) mass is 442 g/mol. The normalized spacial score (nSPS) is 20.6. The van der Waals surface area contributed by atoms with Crippen molar-refractivity contribution in [1.29, 1.82) is 0 Å². The maximum Gasteiger partial charge on any atom is 0.308 e. The zero-order chi connectivity index (χ0) is 23.5. The van der Waals surface area contributed by atoms with Gasteiger partial charge in [0, 0.05) is 17.5 Å². The Balaban J connectivity index is 1.97. The largest absolute Gasteiger partial charge is 0.469 e. The van der Waals surface area contributed by atoms with Crippen molar-refractivity contribution in [3.05, 3.63) is 53.2 Å². The van der Waals surface area contributed by atoms with Gasteiger partial charge in [0.15, 0.2) is 5.79 Å². The number of carbonyl (C=O) groups excluding carboxylic acids is 1. The SMILES string of the molecule is COC(=O)CC1CC(/C=C/c2c(-c3ccc(F)cc3)nc(C)nc2C(C)C)OC(C)(C)O1. The topological polar surface area (TPSA) is 70.5 Å². The Bertz CT molecular complexity index is 986. The Kier molecular flexibility index (Phi) is 7.41. The number of halogens is 1. The average molecular weight is 443 g/mol. The molecule has 1 saturated heterocycles. The van der Waals surface area contributed by atoms with E-state index in [9.17, 15) is 9.18 Å². The van der Waals surface area contributed by atoms with Gasteiger partial charge in [0.2, 0.25) is 0 Å². The van der Waals surface area contributed by atoms with Gasteiger partial charge in [-0.15, -0.1) is 0 Å². The standard InChI is InChI=1S/C25H31FN2O4/c1-15(2)23-21(24(28-16(3)27-23)17-7-9-18(26)10-8-17)12-11-19-13-20(14-22(29)30-6)32-25(4,5)31-19/h7-12,15,19-20H,13-14H2,1-6H3/b12-11+. The van der Waals surface area contributed by atoms with Gasteiger partial charge in [-0.1, -0.05) is 26.0 Å². The van der Waals surface area contributed by atoms with Crippen molar-refractivity contribution in [3.8, 4) is 11.3 Å². The van der Waals surface area contributed by atoms with Gasteiger partial charge in [0.25, 0.3) is 0 Å². The van der Waals surface area contributed by atoms with Gasteiger partial charge in [0.05, 0.1) is 37.1 Å². The van der Waals surface area contributed by atoms with E-state index in [1.807, 2.05) is 32.9 Å². The summed E-state index contributed by atoms with van der Waals surface area (Å²) in [6, 6.07) is 6.30. The van der Waals surface area contributed by atoms with E-state index in [1.165, 1.54) is 19.2 Å². The Morgan fingerprint density at radius 1 is 1.25 bits per heavy atom. The number of esters is 1. The van der Waals surface area contributed by atoms with Crippen LogP contribution in [0.4, 0.5) is 4.39 Å². The van der Waals surface area contributed by atoms with E-state index in [-0.39, 0.29) is 36.3 Å². The second-order valence-electron chi connectivity index (χ2n) is 8.75. The van der Waals surface area contributed by atoms with Gasteiger partial charge in [-0.05, 0) is 51.0 Å². The number of hydrogen-bond donors (Lipinski definition) is 0. The van der Waals surface area contributed by atoms with E-state index in [0.29, 0.717) is 12.2 Å². The molecule has 2 unspecified atom stereocenters. The molecule has 2 aromatic rings. The first kappa shape index (κ1) is 24.0. The highest BCUT2D eigenvalue weighted by Gasteiger charge is 2.35. The highest BCUT2D eigenvalue weighted by molar-refractivity contribution is 5.74. The van der Waals surface area contributed by atoms with Gasteiger partial charge in [-0.3, -0.25) is 4.79 Å². The van der Waals surface area contributed by atoms with Crippen LogP contribution < -0.4 is 0 Å². The van der Waals surface area contributed by atoms with Crippen molar-refractivity contribution in [1.82, 2.24) is 9.97 Å². The summed E-state index contributed by atoms with van der Waals surface area (Å²) in [5.74, 6) is -0.629. The van der Waals surface area contributed by atoms with E-state index < -0.39 is 5.79 Å². The van der Waals surface area contributed by atoms with Crippen LogP contribution in [0.25, 0.3) is 17.3 Å². The van der Waals surface area contributed by atoms with Gasteiger partial charge in [-0.2, -0.15) is 0 Å². The summed E-state index contributed by atoms with van der Waals surface area (Å²) in [6.07, 6.45) is 4.03. The minimum Gasteiger partial charge on any atom is -0.469 e. The van der Waals surface area contributed by atoms with E-state index in [4.69, 9.17) is 14.2 Å². The lowest BCUT2D eigenvalue weighted by Crippen LogP contribution is -2.44. The Morgan fingerprint density at radius 3 is 2.56 bits per heavy atom. The molecular weight excluding hydrogens is 411 g/mol. The molecule has 1 aliphatic heterocycles. The summed E-state index contributed by atoms with van der Waals surface area (Å²) in [5.41, 5.74) is 3.34. The first-order chi connectivity index (χ1) is 15.1. The van der Waals surface area contributed by atoms with Crippen LogP contribution in [-0.2, 0) is 19.0 Å². The number of methoxy groups -OCH3 is 1. The molecule has 0 bridgehead atoms. The Hall–Kier alpha value is -2.64. The first-order valence-electron chi connectivity index (χ1n) is 10.8. The molecule has 0 radical (unpaired) electrons. The minimum absolute atomic E-state index is 0.162. The van der Waals surface area contributed by atoms with Crippen LogP contribution in [0.1, 0.15) is 63.5 Å². The van der Waals surface area contributed by atoms with Crippen LogP contribution in [0, 0.1) is 12.7 Å². The molecule has 172 valence electrons. The highest BCUT2D eigenvalue weighted by Crippen LogP contribution is 2.32. The molecule has 1 aliphatic rings. The molecule has 0 saturated carbocycles. The molecule has 0 spiro atoms. The molecule has 0 aliphatic carbocycles. The molecule has 6 nitrogen and oxygen atoms in total. The summed E-state index contributed by atoms with van der Waals surface area (Å²) >= 11 is 0. The van der Waals surface area contributed by atoms with Gasteiger partial charge < -0.3 is 14.2 Å². The molecule has 7 heteroatoms. The number of ether oxygens (including phenoxy) is 3. The van der Waals surface area contributed by atoms with Crippen LogP contribution in [0.2, 0.25) is 0 Å². The van der Waals surface area contributed by atoms with Gasteiger partial charge in [-0.25, -0.2) is 14.4 Å². The zero-order valence-electron chi connectivity index (χ0n) is 19.5. The van der Waals surface area contributed by atoms with Crippen molar-refractivity contribution >= 4 is 12.0 Å². The lowest BCUT2D eigenvalue weighted by molar-refractivity contribution is -0.290. The minimum atomic E-state index is -0.837. The van der Waals surface area contributed by atoms with E-state index >= 15 is 0 Å². The maximum atomic E-state index is 13.5. The van der Waals surface area contributed by atoms with Crippen LogP contribution in [0.5, 0.6) is 0 Å². The van der Waals surface area contributed by atoms with Crippen LogP contribution in [0.15, 0.2) is 30.3 Å². The fourth-order valence-corrected chi connectivity index (χ4v) is 3.90. The second-order valence-corrected chi connectivity index (χ2v) is 8.75. The summed E-state index contributed by atoms with van der Waals surface area (Å²) in [6.45, 7) is 9.67. The molecular formula is C25H31FN2O4. The molecule has 0 N–H and O–H groups in total. The summed E-state index contributed by atoms with van der Waals surface area (Å²) in [5, 5.41) is 0. The summed E-state index contributed by atoms with van der Waals surface area (Å²) in [4.78, 5) is 21.1. The molecule has 1 aromatic carbocycles. The van der Waals surface area contributed by atoms with Gasteiger partial charge >= 0.3 is 5.97 Å². The molecule has 3 rings (SSSR count). The lowest BCUT2D eigenvalue weighted by Gasteiger charge is -2.39. The second kappa shape index (κ2) is 9.88. The van der Waals surface area contributed by atoms with Crippen LogP contribution in [0.3, 0.4) is 0 Å². The number of hydrogen-bond acceptors (Lipinski definition) is 6. The zero-order valence-corrected chi connectivity index (χ0v) is 19.5. The lowest BCUT2D eigenvalue weighted by atomic mass is 9.96. The Labute approximate surface area is 188 Å². The van der Waals surface area contributed by atoms with Gasteiger partial charge in [0.1, 0.15) is 11.6 Å². The van der Waals surface area contributed by atoms with Crippen LogP contribution in [-0.4, -0.2) is 41.0 Å². The molecule has 0 amide bonds. The Morgan fingerprint density at radius 2 is 1.94 bits per heavy atom. The number of aryl methyl sites for hydroxylation is 1. The van der Waals surface area contributed by atoms with E-state index in [2.05, 4.69) is 23.8 Å². The quantitative estimate of drug-likeness (QED) is 0.573. The van der Waals surface area contributed by atoms with Crippen LogP contribution >= 0.6 is 0 Å². The third kappa shape index (κ3) is 5.99. The van der Waals surface area contributed by atoms with E-state index in [0.717, 1.165) is 22.5 Å². The fraction of sp³-hybridized carbons (Fsp3) is 0.480. The van der Waals surface area contributed by atoms with Crippen molar-refractivity contribution in [3.63, 3.8) is 0 Å². The number of aromatic nitrogens is 2. The van der Waals surface area contributed by atoms with Crippen molar-refractivity contribution in [2.75, 3.05) is 7.11 Å². The number of carbonyl (C=O) groups is 1.